The van der Waals surface area contributed by atoms with Crippen LogP contribution >= 0.6 is 0 Å². The maximum absolute atomic E-state index is 14.1. The van der Waals surface area contributed by atoms with Gasteiger partial charge >= 0.3 is 0 Å². The standard InChI is InChI=1S/C31H29N3O3/c1-23(29(35)32-25-14-8-4-9-15-25)22-31(24-12-6-3-7-13-24,30(36)33-26-16-10-5-11-17-26)34-27-18-20-28(37-2)21-19-27/h3-21,34H,1,22H2,2H3,(H,32,35)(H,33,36). The summed E-state index contributed by atoms with van der Waals surface area (Å²) in [6, 6.07) is 35.0. The van der Waals surface area contributed by atoms with Crippen LogP contribution in [0, 0.1) is 0 Å². The first-order chi connectivity index (χ1) is 18.0. The number of hydrogen-bond donors (Lipinski definition) is 3. The SMILES string of the molecule is C=C(CC(Nc1ccc(OC)cc1)(C(=O)Nc1ccccc1)c1ccccc1)C(=O)Nc1ccccc1. The number of ether oxygens (including phenoxy) is 1. The highest BCUT2D eigenvalue weighted by Crippen LogP contribution is 2.35. The fraction of sp³-hybridized carbons (Fsp3) is 0.0968. The number of carbonyl (C=O) groups excluding carboxylic acids is 2. The van der Waals surface area contributed by atoms with Gasteiger partial charge in [-0.3, -0.25) is 9.59 Å². The highest BCUT2D eigenvalue weighted by molar-refractivity contribution is 6.06. The van der Waals surface area contributed by atoms with Crippen LogP contribution in [0.25, 0.3) is 0 Å². The maximum Gasteiger partial charge on any atom is 0.255 e. The Morgan fingerprint density at radius 3 is 1.76 bits per heavy atom. The third-order valence-corrected chi connectivity index (χ3v) is 5.96. The minimum absolute atomic E-state index is 0.0143. The van der Waals surface area contributed by atoms with Crippen LogP contribution in [0.15, 0.2) is 127 Å². The molecule has 0 saturated heterocycles. The number of benzene rings is 4. The number of para-hydroxylation sites is 2. The zero-order valence-corrected chi connectivity index (χ0v) is 20.6. The molecule has 0 aliphatic heterocycles. The lowest BCUT2D eigenvalue weighted by atomic mass is 9.82. The molecule has 4 aromatic rings. The Balaban J connectivity index is 1.74. The van der Waals surface area contributed by atoms with Crippen molar-refractivity contribution < 1.29 is 14.3 Å². The quantitative estimate of drug-likeness (QED) is 0.230. The summed E-state index contributed by atoms with van der Waals surface area (Å²) in [4.78, 5) is 27.3. The third kappa shape index (κ3) is 6.24. The van der Waals surface area contributed by atoms with Gasteiger partial charge in [-0.15, -0.1) is 0 Å². The molecule has 0 aliphatic rings. The smallest absolute Gasteiger partial charge is 0.255 e. The van der Waals surface area contributed by atoms with Gasteiger partial charge in [0, 0.05) is 29.1 Å². The van der Waals surface area contributed by atoms with E-state index >= 15 is 0 Å². The summed E-state index contributed by atoms with van der Waals surface area (Å²) >= 11 is 0. The Labute approximate surface area is 217 Å². The van der Waals surface area contributed by atoms with Gasteiger partial charge in [0.2, 0.25) is 0 Å². The summed E-state index contributed by atoms with van der Waals surface area (Å²) in [7, 11) is 1.60. The fourth-order valence-corrected chi connectivity index (χ4v) is 4.03. The molecule has 0 bridgehead atoms. The van der Waals surface area contributed by atoms with Crippen molar-refractivity contribution in [3.63, 3.8) is 0 Å². The van der Waals surface area contributed by atoms with Gasteiger partial charge in [-0.1, -0.05) is 73.3 Å². The van der Waals surface area contributed by atoms with E-state index < -0.39 is 5.54 Å². The molecular formula is C31H29N3O3. The monoisotopic (exact) mass is 491 g/mol. The van der Waals surface area contributed by atoms with E-state index in [4.69, 9.17) is 4.74 Å². The third-order valence-electron chi connectivity index (χ3n) is 5.96. The van der Waals surface area contributed by atoms with Crippen molar-refractivity contribution in [1.82, 2.24) is 0 Å². The Morgan fingerprint density at radius 2 is 1.22 bits per heavy atom. The molecule has 6 heteroatoms. The summed E-state index contributed by atoms with van der Waals surface area (Å²) in [5.74, 6) is 0.00109. The second-order valence-corrected chi connectivity index (χ2v) is 8.55. The normalized spacial score (nSPS) is 12.0. The fourth-order valence-electron chi connectivity index (χ4n) is 4.03. The average molecular weight is 492 g/mol. The van der Waals surface area contributed by atoms with Gasteiger partial charge in [-0.05, 0) is 54.1 Å². The number of anilines is 3. The summed E-state index contributed by atoms with van der Waals surface area (Å²) in [6.45, 7) is 4.07. The number of hydrogen-bond acceptors (Lipinski definition) is 4. The molecule has 1 atom stereocenters. The molecular weight excluding hydrogens is 462 g/mol. The lowest BCUT2D eigenvalue weighted by Gasteiger charge is -2.35. The number of methoxy groups -OCH3 is 1. The van der Waals surface area contributed by atoms with E-state index in [0.29, 0.717) is 28.4 Å². The van der Waals surface area contributed by atoms with Crippen molar-refractivity contribution in [3.8, 4) is 5.75 Å². The molecule has 3 N–H and O–H groups in total. The van der Waals surface area contributed by atoms with Crippen molar-refractivity contribution >= 4 is 28.9 Å². The van der Waals surface area contributed by atoms with Crippen molar-refractivity contribution in [2.45, 2.75) is 12.0 Å². The number of carbonyl (C=O) groups is 2. The van der Waals surface area contributed by atoms with Crippen LogP contribution in [-0.2, 0) is 15.1 Å². The molecule has 0 aromatic heterocycles. The van der Waals surface area contributed by atoms with Crippen LogP contribution in [0.3, 0.4) is 0 Å². The molecule has 6 nitrogen and oxygen atoms in total. The predicted octanol–water partition coefficient (Wildman–Crippen LogP) is 6.23. The van der Waals surface area contributed by atoms with Crippen LogP contribution in [0.5, 0.6) is 5.75 Å². The van der Waals surface area contributed by atoms with E-state index in [0.717, 1.165) is 0 Å². The van der Waals surface area contributed by atoms with Gasteiger partial charge in [-0.25, -0.2) is 0 Å². The van der Waals surface area contributed by atoms with E-state index in [1.807, 2.05) is 103 Å². The lowest BCUT2D eigenvalue weighted by molar-refractivity contribution is -0.120. The first-order valence-corrected chi connectivity index (χ1v) is 11.9. The molecule has 186 valence electrons. The van der Waals surface area contributed by atoms with Gasteiger partial charge in [0.05, 0.1) is 7.11 Å². The van der Waals surface area contributed by atoms with Crippen LogP contribution in [0.1, 0.15) is 12.0 Å². The second kappa shape index (κ2) is 11.7. The minimum atomic E-state index is -1.35. The van der Waals surface area contributed by atoms with E-state index in [-0.39, 0.29) is 23.8 Å². The molecule has 37 heavy (non-hydrogen) atoms. The maximum atomic E-state index is 14.1. The molecule has 0 saturated carbocycles. The first-order valence-electron chi connectivity index (χ1n) is 11.9. The molecule has 0 radical (unpaired) electrons. The number of nitrogens with one attached hydrogen (secondary N) is 3. The Hall–Kier alpha value is -4.84. The molecule has 0 heterocycles. The van der Waals surface area contributed by atoms with E-state index in [1.165, 1.54) is 0 Å². The molecule has 0 spiro atoms. The lowest BCUT2D eigenvalue weighted by Crippen LogP contribution is -2.48. The molecule has 1 unspecified atom stereocenters. The molecule has 0 aliphatic carbocycles. The summed E-state index contributed by atoms with van der Waals surface area (Å²) in [5.41, 5.74) is 1.56. The predicted molar refractivity (Wildman–Crippen MR) is 149 cm³/mol. The highest BCUT2D eigenvalue weighted by atomic mass is 16.5. The van der Waals surface area contributed by atoms with E-state index in [2.05, 4.69) is 22.5 Å². The zero-order valence-electron chi connectivity index (χ0n) is 20.6. The Bertz CT molecular complexity index is 1340. The molecule has 0 fully saturated rings. The highest BCUT2D eigenvalue weighted by Gasteiger charge is 2.42. The summed E-state index contributed by atoms with van der Waals surface area (Å²) in [6.07, 6.45) is 0.0143. The number of amides is 2. The average Bonchev–Trinajstić information content (AvgIpc) is 2.94. The molecule has 4 aromatic carbocycles. The van der Waals surface area contributed by atoms with Crippen molar-refractivity contribution in [2.75, 3.05) is 23.1 Å². The summed E-state index contributed by atoms with van der Waals surface area (Å²) < 4.78 is 5.29. The minimum Gasteiger partial charge on any atom is -0.497 e. The van der Waals surface area contributed by atoms with Gasteiger partial charge in [0.25, 0.3) is 11.8 Å². The van der Waals surface area contributed by atoms with Gasteiger partial charge in [-0.2, -0.15) is 0 Å². The molecule has 4 rings (SSSR count). The molecule has 2 amide bonds. The van der Waals surface area contributed by atoms with Crippen LogP contribution < -0.4 is 20.7 Å². The summed E-state index contributed by atoms with van der Waals surface area (Å²) in [5, 5.41) is 9.31. The largest absolute Gasteiger partial charge is 0.497 e. The van der Waals surface area contributed by atoms with Crippen molar-refractivity contribution in [3.05, 3.63) is 133 Å². The second-order valence-electron chi connectivity index (χ2n) is 8.55. The van der Waals surface area contributed by atoms with Gasteiger partial charge in [0.15, 0.2) is 0 Å². The topological polar surface area (TPSA) is 79.5 Å². The van der Waals surface area contributed by atoms with Gasteiger partial charge in [0.1, 0.15) is 11.3 Å². The zero-order chi connectivity index (χ0) is 26.1. The van der Waals surface area contributed by atoms with Crippen LogP contribution in [0.4, 0.5) is 17.1 Å². The van der Waals surface area contributed by atoms with E-state index in [1.54, 1.807) is 19.2 Å². The van der Waals surface area contributed by atoms with Crippen molar-refractivity contribution in [1.29, 1.82) is 0 Å². The van der Waals surface area contributed by atoms with Gasteiger partial charge < -0.3 is 20.7 Å². The van der Waals surface area contributed by atoms with Crippen molar-refractivity contribution in [2.24, 2.45) is 0 Å². The Kier molecular flexibility index (Phi) is 8.01. The first kappa shape index (κ1) is 25.3. The van der Waals surface area contributed by atoms with Crippen LogP contribution in [-0.4, -0.2) is 18.9 Å². The Morgan fingerprint density at radius 1 is 0.703 bits per heavy atom. The van der Waals surface area contributed by atoms with Crippen LogP contribution in [0.2, 0.25) is 0 Å². The number of rotatable bonds is 10. The van der Waals surface area contributed by atoms with E-state index in [9.17, 15) is 9.59 Å².